The second kappa shape index (κ2) is 4.06. The molecule has 4 heteroatoms. The van der Waals surface area contributed by atoms with Crippen molar-refractivity contribution in [1.82, 2.24) is 10.4 Å². The van der Waals surface area contributed by atoms with E-state index in [1.807, 2.05) is 11.1 Å². The van der Waals surface area contributed by atoms with Crippen molar-refractivity contribution >= 4 is 5.78 Å². The predicted molar refractivity (Wildman–Crippen MR) is 48.3 cm³/mol. The molecule has 0 aromatic carbocycles. The minimum atomic E-state index is -0.0739. The number of hydrazine groups is 1. The zero-order valence-electron chi connectivity index (χ0n) is 7.92. The first-order valence-corrected chi connectivity index (χ1v) is 4.34. The van der Waals surface area contributed by atoms with E-state index in [0.717, 1.165) is 13.0 Å². The Morgan fingerprint density at radius 2 is 2.46 bits per heavy atom. The maximum absolute atomic E-state index is 11.1. The van der Waals surface area contributed by atoms with Crippen LogP contribution >= 0.6 is 0 Å². The number of allylic oxidation sites excluding steroid dienone is 1. The van der Waals surface area contributed by atoms with Crippen molar-refractivity contribution in [2.45, 2.75) is 20.3 Å². The molecule has 0 unspecified atom stereocenters. The zero-order chi connectivity index (χ0) is 9.84. The minimum Gasteiger partial charge on any atom is -0.314 e. The summed E-state index contributed by atoms with van der Waals surface area (Å²) in [5.74, 6) is -0.0739. The van der Waals surface area contributed by atoms with Gasteiger partial charge in [-0.25, -0.2) is 5.01 Å². The van der Waals surface area contributed by atoms with E-state index in [9.17, 15) is 4.79 Å². The van der Waals surface area contributed by atoms with Crippen LogP contribution in [0.2, 0.25) is 0 Å². The van der Waals surface area contributed by atoms with Gasteiger partial charge in [-0.2, -0.15) is 5.26 Å². The van der Waals surface area contributed by atoms with Crippen LogP contribution in [0.25, 0.3) is 0 Å². The van der Waals surface area contributed by atoms with Gasteiger partial charge in [0.15, 0.2) is 5.78 Å². The lowest BCUT2D eigenvalue weighted by atomic mass is 10.2. The van der Waals surface area contributed by atoms with Gasteiger partial charge in [0.05, 0.1) is 18.2 Å². The van der Waals surface area contributed by atoms with Gasteiger partial charge in [-0.05, 0) is 6.42 Å². The van der Waals surface area contributed by atoms with Crippen LogP contribution in [0.1, 0.15) is 20.3 Å². The van der Waals surface area contributed by atoms with Crippen LogP contribution in [-0.2, 0) is 4.79 Å². The summed E-state index contributed by atoms with van der Waals surface area (Å²) in [5, 5.41) is 10.6. The molecule has 1 heterocycles. The van der Waals surface area contributed by atoms with Crippen LogP contribution in [0.5, 0.6) is 0 Å². The predicted octanol–water partition coefficient (Wildman–Crippen LogP) is 0.583. The van der Waals surface area contributed by atoms with Crippen LogP contribution in [0, 0.1) is 11.3 Å². The monoisotopic (exact) mass is 179 g/mol. The summed E-state index contributed by atoms with van der Waals surface area (Å²) < 4.78 is 0. The molecule has 1 aliphatic heterocycles. The molecule has 0 fully saturated rings. The van der Waals surface area contributed by atoms with Crippen LogP contribution in [-0.4, -0.2) is 23.9 Å². The first-order chi connectivity index (χ1) is 6.19. The smallest absolute Gasteiger partial charge is 0.178 e. The molecule has 0 saturated heterocycles. The van der Waals surface area contributed by atoms with Gasteiger partial charge in [0.2, 0.25) is 0 Å². The Kier molecular flexibility index (Phi) is 3.04. The van der Waals surface area contributed by atoms with Crippen molar-refractivity contribution in [3.63, 3.8) is 0 Å². The summed E-state index contributed by atoms with van der Waals surface area (Å²) in [6, 6.07) is 2.04. The fourth-order valence-electron chi connectivity index (χ4n) is 1.32. The van der Waals surface area contributed by atoms with E-state index in [4.69, 9.17) is 5.26 Å². The van der Waals surface area contributed by atoms with Crippen molar-refractivity contribution in [2.24, 2.45) is 0 Å². The van der Waals surface area contributed by atoms with E-state index in [1.165, 1.54) is 6.92 Å². The van der Waals surface area contributed by atoms with Crippen LogP contribution in [0.3, 0.4) is 0 Å². The third-order valence-corrected chi connectivity index (χ3v) is 1.90. The van der Waals surface area contributed by atoms with Crippen LogP contribution in [0.4, 0.5) is 0 Å². The molecule has 13 heavy (non-hydrogen) atoms. The summed E-state index contributed by atoms with van der Waals surface area (Å²) >= 11 is 0. The Morgan fingerprint density at radius 3 is 2.85 bits per heavy atom. The summed E-state index contributed by atoms with van der Waals surface area (Å²) in [6.07, 6.45) is 0.997. The van der Waals surface area contributed by atoms with Gasteiger partial charge in [-0.1, -0.05) is 6.92 Å². The highest BCUT2D eigenvalue weighted by atomic mass is 16.1. The maximum Gasteiger partial charge on any atom is 0.178 e. The molecule has 0 aromatic heterocycles. The number of hydrogen-bond donors (Lipinski definition) is 1. The number of nitriles is 1. The standard InChI is InChI=1S/C9H13N3O/c1-3-4-12-6-8(5-10)9(11-12)7(2)13/h11H,3-4,6H2,1-2H3. The maximum atomic E-state index is 11.1. The highest BCUT2D eigenvalue weighted by Crippen LogP contribution is 2.12. The SMILES string of the molecule is CCCN1CC(C#N)=C(C(C)=O)N1. The molecule has 0 amide bonds. The van der Waals surface area contributed by atoms with Crippen molar-refractivity contribution in [1.29, 1.82) is 5.26 Å². The number of ketones is 1. The third-order valence-electron chi connectivity index (χ3n) is 1.90. The molecule has 4 nitrogen and oxygen atoms in total. The highest BCUT2D eigenvalue weighted by Gasteiger charge is 2.22. The molecule has 0 atom stereocenters. The lowest BCUT2D eigenvalue weighted by molar-refractivity contribution is -0.114. The first kappa shape index (κ1) is 9.75. The Labute approximate surface area is 77.8 Å². The largest absolute Gasteiger partial charge is 0.314 e. The molecule has 0 radical (unpaired) electrons. The molecule has 1 aliphatic rings. The van der Waals surface area contributed by atoms with Crippen molar-refractivity contribution in [2.75, 3.05) is 13.1 Å². The van der Waals surface area contributed by atoms with Gasteiger partial charge < -0.3 is 5.43 Å². The summed E-state index contributed by atoms with van der Waals surface area (Å²) in [4.78, 5) is 11.1. The number of nitrogens with one attached hydrogen (secondary N) is 1. The molecule has 1 rings (SSSR count). The van der Waals surface area contributed by atoms with E-state index < -0.39 is 0 Å². The normalized spacial score (nSPS) is 17.0. The van der Waals surface area contributed by atoms with E-state index in [1.54, 1.807) is 0 Å². The summed E-state index contributed by atoms with van der Waals surface area (Å²) in [5.41, 5.74) is 3.93. The topological polar surface area (TPSA) is 56.1 Å². The molecule has 0 spiro atoms. The Bertz CT molecular complexity index is 288. The van der Waals surface area contributed by atoms with Crippen LogP contribution < -0.4 is 5.43 Å². The summed E-state index contributed by atoms with van der Waals surface area (Å²) in [7, 11) is 0. The number of hydrogen-bond acceptors (Lipinski definition) is 4. The lowest BCUT2D eigenvalue weighted by Crippen LogP contribution is -2.34. The average Bonchev–Trinajstić information content (AvgIpc) is 2.48. The molecule has 0 bridgehead atoms. The molecular formula is C9H13N3O. The highest BCUT2D eigenvalue weighted by molar-refractivity contribution is 5.94. The number of rotatable bonds is 3. The van der Waals surface area contributed by atoms with Crippen molar-refractivity contribution < 1.29 is 4.79 Å². The van der Waals surface area contributed by atoms with Gasteiger partial charge in [-0.15, -0.1) is 0 Å². The van der Waals surface area contributed by atoms with Gasteiger partial charge in [0, 0.05) is 13.5 Å². The second-order valence-corrected chi connectivity index (χ2v) is 3.05. The first-order valence-electron chi connectivity index (χ1n) is 4.34. The Morgan fingerprint density at radius 1 is 1.77 bits per heavy atom. The Hall–Kier alpha value is -1.34. The molecule has 70 valence electrons. The van der Waals surface area contributed by atoms with Gasteiger partial charge in [-0.3, -0.25) is 4.79 Å². The fraction of sp³-hybridized carbons (Fsp3) is 0.556. The second-order valence-electron chi connectivity index (χ2n) is 3.05. The van der Waals surface area contributed by atoms with Gasteiger partial charge >= 0.3 is 0 Å². The number of nitrogens with zero attached hydrogens (tertiary/aromatic N) is 2. The average molecular weight is 179 g/mol. The van der Waals surface area contributed by atoms with E-state index >= 15 is 0 Å². The zero-order valence-corrected chi connectivity index (χ0v) is 7.92. The Balaban J connectivity index is 2.70. The fourth-order valence-corrected chi connectivity index (χ4v) is 1.32. The third kappa shape index (κ3) is 2.07. The van der Waals surface area contributed by atoms with E-state index in [2.05, 4.69) is 12.3 Å². The number of carbonyl (C=O) groups excluding carboxylic acids is 1. The van der Waals surface area contributed by atoms with Gasteiger partial charge in [0.25, 0.3) is 0 Å². The molecular weight excluding hydrogens is 166 g/mol. The lowest BCUT2D eigenvalue weighted by Gasteiger charge is -2.15. The molecule has 1 N–H and O–H groups in total. The van der Waals surface area contributed by atoms with Gasteiger partial charge in [0.1, 0.15) is 5.70 Å². The molecule has 0 saturated carbocycles. The van der Waals surface area contributed by atoms with Crippen molar-refractivity contribution in [3.8, 4) is 6.07 Å². The molecule has 0 aliphatic carbocycles. The van der Waals surface area contributed by atoms with E-state index in [-0.39, 0.29) is 5.78 Å². The van der Waals surface area contributed by atoms with Crippen molar-refractivity contribution in [3.05, 3.63) is 11.3 Å². The van der Waals surface area contributed by atoms with Crippen LogP contribution in [0.15, 0.2) is 11.3 Å². The van der Waals surface area contributed by atoms with E-state index in [0.29, 0.717) is 17.8 Å². The quantitative estimate of drug-likeness (QED) is 0.688. The minimum absolute atomic E-state index is 0.0739. The molecule has 0 aromatic rings. The number of Topliss-reactive ketones (excluding diaryl/α,β-unsaturated/α-hetero) is 1. The number of carbonyl (C=O) groups is 1. The summed E-state index contributed by atoms with van der Waals surface area (Å²) in [6.45, 7) is 4.91.